The molecule has 6 nitrogen and oxygen atoms in total. The van der Waals surface area contributed by atoms with E-state index in [2.05, 4.69) is 15.6 Å². The first-order chi connectivity index (χ1) is 15.0. The smallest absolute Gasteiger partial charge is 0.275 e. The third-order valence-electron chi connectivity index (χ3n) is 4.73. The van der Waals surface area contributed by atoms with E-state index in [0.717, 1.165) is 17.7 Å². The molecule has 0 aliphatic carbocycles. The van der Waals surface area contributed by atoms with Crippen molar-refractivity contribution in [2.45, 2.75) is 36.1 Å². The molecule has 0 bridgehead atoms. The normalized spacial score (nSPS) is 15.9. The van der Waals surface area contributed by atoms with Gasteiger partial charge in [-0.05, 0) is 55.3 Å². The summed E-state index contributed by atoms with van der Waals surface area (Å²) in [4.78, 5) is 14.0. The van der Waals surface area contributed by atoms with E-state index in [1.807, 2.05) is 0 Å². The molecule has 1 saturated heterocycles. The summed E-state index contributed by atoms with van der Waals surface area (Å²) >= 11 is 13.5. The van der Waals surface area contributed by atoms with Crippen molar-refractivity contribution in [3.8, 4) is 0 Å². The number of hydrogen-bond acceptors (Lipinski definition) is 5. The van der Waals surface area contributed by atoms with E-state index in [9.17, 15) is 9.18 Å². The number of benzene rings is 2. The average molecular weight is 481 g/mol. The number of thioether (sulfide) groups is 1. The van der Waals surface area contributed by atoms with E-state index in [1.54, 1.807) is 35.0 Å². The maximum Gasteiger partial charge on any atom is 0.275 e. The van der Waals surface area contributed by atoms with E-state index < -0.39 is 0 Å². The number of nitrogens with zero attached hydrogens (tertiary/aromatic N) is 3. The lowest BCUT2D eigenvalue weighted by Gasteiger charge is -2.13. The molecule has 3 aromatic rings. The summed E-state index contributed by atoms with van der Waals surface area (Å²) in [6.45, 7) is 1.14. The van der Waals surface area contributed by atoms with E-state index in [-0.39, 0.29) is 17.8 Å². The van der Waals surface area contributed by atoms with Crippen molar-refractivity contribution in [3.63, 3.8) is 0 Å². The minimum Gasteiger partial charge on any atom is -0.376 e. The third kappa shape index (κ3) is 5.77. The zero-order valence-corrected chi connectivity index (χ0v) is 18.7. The number of carbonyl (C=O) groups is 1. The molecule has 10 heteroatoms. The van der Waals surface area contributed by atoms with Crippen LogP contribution in [0.5, 0.6) is 0 Å². The average Bonchev–Trinajstić information content (AvgIpc) is 3.37. The SMILES string of the molecule is O=C(Nc1cc(Cl)cc(Cl)c1)c1c(CSc2ccc(F)cc2)nnn1CC1CCCO1. The summed E-state index contributed by atoms with van der Waals surface area (Å²) < 4.78 is 20.4. The summed E-state index contributed by atoms with van der Waals surface area (Å²) in [5.41, 5.74) is 1.35. The molecule has 0 radical (unpaired) electrons. The summed E-state index contributed by atoms with van der Waals surface area (Å²) in [5, 5.41) is 12.1. The number of amides is 1. The highest BCUT2D eigenvalue weighted by molar-refractivity contribution is 7.98. The second-order valence-corrected chi connectivity index (χ2v) is 8.98. The van der Waals surface area contributed by atoms with Crippen LogP contribution >= 0.6 is 35.0 Å². The van der Waals surface area contributed by atoms with Gasteiger partial charge >= 0.3 is 0 Å². The van der Waals surface area contributed by atoms with Gasteiger partial charge < -0.3 is 10.1 Å². The lowest BCUT2D eigenvalue weighted by atomic mass is 10.2. The van der Waals surface area contributed by atoms with Gasteiger partial charge in [0.2, 0.25) is 0 Å². The van der Waals surface area contributed by atoms with Gasteiger partial charge in [-0.25, -0.2) is 9.07 Å². The van der Waals surface area contributed by atoms with Gasteiger partial charge in [0, 0.05) is 33.0 Å². The highest BCUT2D eigenvalue weighted by Gasteiger charge is 2.25. The first-order valence-corrected chi connectivity index (χ1v) is 11.4. The molecular weight excluding hydrogens is 462 g/mol. The number of hydrogen-bond donors (Lipinski definition) is 1. The molecule has 1 N–H and O–H groups in total. The predicted octanol–water partition coefficient (Wildman–Crippen LogP) is 5.45. The molecule has 1 fully saturated rings. The standard InChI is InChI=1S/C21H19Cl2FN4O2S/c22-13-8-14(23)10-16(9-13)25-21(29)20-19(12-31-18-5-3-15(24)4-6-18)26-27-28(20)11-17-2-1-7-30-17/h3-6,8-10,17H,1-2,7,11-12H2,(H,25,29). The summed E-state index contributed by atoms with van der Waals surface area (Å²) in [5.74, 6) is -0.265. The zero-order valence-electron chi connectivity index (χ0n) is 16.4. The topological polar surface area (TPSA) is 69.0 Å². The molecule has 1 aliphatic heterocycles. The lowest BCUT2D eigenvalue weighted by Crippen LogP contribution is -2.24. The van der Waals surface area contributed by atoms with Gasteiger partial charge in [-0.1, -0.05) is 28.4 Å². The number of rotatable bonds is 7. The monoisotopic (exact) mass is 480 g/mol. The molecule has 1 atom stereocenters. The molecule has 4 rings (SSSR count). The van der Waals surface area contributed by atoms with Crippen LogP contribution in [-0.4, -0.2) is 33.6 Å². The Labute approximate surface area is 193 Å². The summed E-state index contributed by atoms with van der Waals surface area (Å²) in [6, 6.07) is 11.0. The van der Waals surface area contributed by atoms with Crippen LogP contribution in [0.1, 0.15) is 29.0 Å². The Morgan fingerprint density at radius 2 is 1.97 bits per heavy atom. The minimum absolute atomic E-state index is 0.00790. The second-order valence-electron chi connectivity index (χ2n) is 7.06. The van der Waals surface area contributed by atoms with Crippen molar-refractivity contribution in [3.05, 3.63) is 69.7 Å². The van der Waals surface area contributed by atoms with Crippen molar-refractivity contribution < 1.29 is 13.9 Å². The first kappa shape index (κ1) is 22.1. The number of nitrogens with one attached hydrogen (secondary N) is 1. The van der Waals surface area contributed by atoms with Crippen LogP contribution in [-0.2, 0) is 17.0 Å². The minimum atomic E-state index is -0.365. The van der Waals surface area contributed by atoms with E-state index in [0.29, 0.717) is 46.0 Å². The second kappa shape index (κ2) is 9.99. The van der Waals surface area contributed by atoms with Gasteiger partial charge in [0.15, 0.2) is 5.69 Å². The fraction of sp³-hybridized carbons (Fsp3) is 0.286. The number of ether oxygens (including phenoxy) is 1. The fourth-order valence-electron chi connectivity index (χ4n) is 3.30. The van der Waals surface area contributed by atoms with E-state index >= 15 is 0 Å². The quantitative estimate of drug-likeness (QED) is 0.455. The van der Waals surface area contributed by atoms with Gasteiger partial charge in [0.25, 0.3) is 5.91 Å². The fourth-order valence-corrected chi connectivity index (χ4v) is 4.65. The molecule has 1 aliphatic rings. The van der Waals surface area contributed by atoms with Crippen LogP contribution in [0, 0.1) is 5.82 Å². The molecule has 162 valence electrons. The maximum atomic E-state index is 13.2. The number of carbonyl (C=O) groups excluding carboxylic acids is 1. The molecule has 0 saturated carbocycles. The highest BCUT2D eigenvalue weighted by atomic mass is 35.5. The van der Waals surface area contributed by atoms with Crippen LogP contribution in [0.4, 0.5) is 10.1 Å². The molecule has 2 aromatic carbocycles. The molecule has 1 aromatic heterocycles. The summed E-state index contributed by atoms with van der Waals surface area (Å²) in [7, 11) is 0. The van der Waals surface area contributed by atoms with Crippen molar-refractivity contribution in [2.75, 3.05) is 11.9 Å². The molecule has 0 spiro atoms. The predicted molar refractivity (Wildman–Crippen MR) is 119 cm³/mol. The van der Waals surface area contributed by atoms with E-state index in [4.69, 9.17) is 27.9 Å². The molecular formula is C21H19Cl2FN4O2S. The van der Waals surface area contributed by atoms with Crippen LogP contribution < -0.4 is 5.32 Å². The summed E-state index contributed by atoms with van der Waals surface area (Å²) in [6.07, 6.45) is 1.88. The van der Waals surface area contributed by atoms with Crippen molar-refractivity contribution in [2.24, 2.45) is 0 Å². The van der Waals surface area contributed by atoms with Crippen LogP contribution in [0.25, 0.3) is 0 Å². The third-order valence-corrected chi connectivity index (χ3v) is 6.19. The Bertz CT molecular complexity index is 1050. The van der Waals surface area contributed by atoms with Crippen LogP contribution in [0.15, 0.2) is 47.4 Å². The maximum absolute atomic E-state index is 13.2. The Morgan fingerprint density at radius 3 is 2.65 bits per heavy atom. The Balaban J connectivity index is 1.57. The first-order valence-electron chi connectivity index (χ1n) is 9.68. The Morgan fingerprint density at radius 1 is 1.23 bits per heavy atom. The van der Waals surface area contributed by atoms with E-state index in [1.165, 1.54) is 23.9 Å². The van der Waals surface area contributed by atoms with Gasteiger partial charge in [-0.2, -0.15) is 0 Å². The number of aromatic nitrogens is 3. The lowest BCUT2D eigenvalue weighted by molar-refractivity contribution is 0.0899. The zero-order chi connectivity index (χ0) is 21.8. The Hall–Kier alpha value is -2.13. The highest BCUT2D eigenvalue weighted by Crippen LogP contribution is 2.26. The van der Waals surface area contributed by atoms with Crippen LogP contribution in [0.2, 0.25) is 10.0 Å². The molecule has 1 unspecified atom stereocenters. The van der Waals surface area contributed by atoms with Crippen molar-refractivity contribution in [1.29, 1.82) is 0 Å². The van der Waals surface area contributed by atoms with Gasteiger partial charge in [-0.15, -0.1) is 16.9 Å². The van der Waals surface area contributed by atoms with Crippen LogP contribution in [0.3, 0.4) is 0 Å². The number of anilines is 1. The van der Waals surface area contributed by atoms with Crippen molar-refractivity contribution >= 4 is 46.6 Å². The Kier molecular flexibility index (Phi) is 7.12. The van der Waals surface area contributed by atoms with Gasteiger partial charge in [-0.3, -0.25) is 4.79 Å². The largest absolute Gasteiger partial charge is 0.376 e. The van der Waals surface area contributed by atoms with Gasteiger partial charge in [0.1, 0.15) is 11.5 Å². The van der Waals surface area contributed by atoms with Gasteiger partial charge in [0.05, 0.1) is 12.6 Å². The molecule has 31 heavy (non-hydrogen) atoms. The molecule has 1 amide bonds. The van der Waals surface area contributed by atoms with Crippen molar-refractivity contribution in [1.82, 2.24) is 15.0 Å². The molecule has 2 heterocycles. The number of halogens is 3.